The van der Waals surface area contributed by atoms with Gasteiger partial charge in [-0.25, -0.2) is 0 Å². The first-order chi connectivity index (χ1) is 10.2. The highest BCUT2D eigenvalue weighted by atomic mass is 16.5. The molecule has 0 aromatic heterocycles. The Balaban J connectivity index is 1.76. The maximum Gasteiger partial charge on any atom is 0.119 e. The van der Waals surface area contributed by atoms with E-state index >= 15 is 0 Å². The zero-order chi connectivity index (χ0) is 15.1. The highest BCUT2D eigenvalue weighted by molar-refractivity contribution is 5.44. The van der Waals surface area contributed by atoms with Gasteiger partial charge in [-0.05, 0) is 43.8 Å². The second kappa shape index (κ2) is 7.70. The lowest BCUT2D eigenvalue weighted by atomic mass is 10.2. The molecule has 2 aromatic carbocycles. The fourth-order valence-electron chi connectivity index (χ4n) is 2.22. The molecule has 112 valence electrons. The molecule has 0 radical (unpaired) electrons. The summed E-state index contributed by atoms with van der Waals surface area (Å²) in [6, 6.07) is 16.7. The van der Waals surface area contributed by atoms with E-state index in [1.807, 2.05) is 12.1 Å². The van der Waals surface area contributed by atoms with E-state index in [1.54, 1.807) is 7.11 Å². The average Bonchev–Trinajstić information content (AvgIpc) is 2.49. The quantitative estimate of drug-likeness (QED) is 0.841. The number of likely N-dealkylation sites (N-methyl/N-ethyl adjacent to an activating group) is 1. The minimum absolute atomic E-state index is 0.915. The maximum atomic E-state index is 5.25. The number of benzene rings is 2. The highest BCUT2D eigenvalue weighted by Gasteiger charge is 2.01. The predicted octanol–water partition coefficient (Wildman–Crippen LogP) is 3.55. The van der Waals surface area contributed by atoms with E-state index in [-0.39, 0.29) is 0 Å². The molecule has 0 fully saturated rings. The molecule has 2 aromatic rings. The number of rotatable bonds is 7. The van der Waals surface area contributed by atoms with Crippen LogP contribution in [0.15, 0.2) is 48.5 Å². The molecule has 0 aliphatic heterocycles. The van der Waals surface area contributed by atoms with Crippen molar-refractivity contribution in [3.05, 3.63) is 59.7 Å². The number of ether oxygens (including phenoxy) is 1. The SMILES string of the molecule is COc1cccc(CN(C)CCNc2ccc(C)cc2)c1. The molecule has 2 rings (SSSR count). The van der Waals surface area contributed by atoms with Crippen LogP contribution in [-0.4, -0.2) is 32.1 Å². The van der Waals surface area contributed by atoms with Crippen LogP contribution >= 0.6 is 0 Å². The fraction of sp³-hybridized carbons (Fsp3) is 0.333. The monoisotopic (exact) mass is 284 g/mol. The van der Waals surface area contributed by atoms with Crippen LogP contribution < -0.4 is 10.1 Å². The Morgan fingerprint density at radius 3 is 2.57 bits per heavy atom. The summed E-state index contributed by atoms with van der Waals surface area (Å²) < 4.78 is 5.25. The summed E-state index contributed by atoms with van der Waals surface area (Å²) in [7, 11) is 3.84. The van der Waals surface area contributed by atoms with Crippen molar-refractivity contribution in [2.24, 2.45) is 0 Å². The van der Waals surface area contributed by atoms with Gasteiger partial charge in [0.15, 0.2) is 0 Å². The zero-order valence-electron chi connectivity index (χ0n) is 13.1. The van der Waals surface area contributed by atoms with E-state index in [1.165, 1.54) is 16.8 Å². The standard InChI is InChI=1S/C18H24N2O/c1-15-7-9-17(10-8-15)19-11-12-20(2)14-16-5-4-6-18(13-16)21-3/h4-10,13,19H,11-12,14H2,1-3H3. The summed E-state index contributed by atoms with van der Waals surface area (Å²) in [6.07, 6.45) is 0. The van der Waals surface area contributed by atoms with Crippen LogP contribution in [-0.2, 0) is 6.54 Å². The molecule has 0 spiro atoms. The van der Waals surface area contributed by atoms with Gasteiger partial charge in [0.2, 0.25) is 0 Å². The van der Waals surface area contributed by atoms with Crippen molar-refractivity contribution >= 4 is 5.69 Å². The van der Waals surface area contributed by atoms with Gasteiger partial charge in [-0.15, -0.1) is 0 Å². The highest BCUT2D eigenvalue weighted by Crippen LogP contribution is 2.14. The molecular weight excluding hydrogens is 260 g/mol. The molecule has 3 heteroatoms. The molecule has 21 heavy (non-hydrogen) atoms. The Morgan fingerprint density at radius 1 is 1.10 bits per heavy atom. The number of methoxy groups -OCH3 is 1. The third-order valence-corrected chi connectivity index (χ3v) is 3.46. The Bertz CT molecular complexity index is 551. The largest absolute Gasteiger partial charge is 0.497 e. The van der Waals surface area contributed by atoms with Gasteiger partial charge >= 0.3 is 0 Å². The van der Waals surface area contributed by atoms with E-state index in [0.717, 1.165) is 25.4 Å². The van der Waals surface area contributed by atoms with Crippen LogP contribution in [0.4, 0.5) is 5.69 Å². The summed E-state index contributed by atoms with van der Waals surface area (Å²) >= 11 is 0. The van der Waals surface area contributed by atoms with Gasteiger partial charge in [0.1, 0.15) is 5.75 Å². The Morgan fingerprint density at radius 2 is 1.86 bits per heavy atom. The van der Waals surface area contributed by atoms with Crippen LogP contribution in [0.3, 0.4) is 0 Å². The van der Waals surface area contributed by atoms with E-state index in [4.69, 9.17) is 4.74 Å². The second-order valence-electron chi connectivity index (χ2n) is 5.38. The van der Waals surface area contributed by atoms with Crippen LogP contribution in [0.5, 0.6) is 5.75 Å². The molecule has 0 heterocycles. The van der Waals surface area contributed by atoms with E-state index < -0.39 is 0 Å². The van der Waals surface area contributed by atoms with Crippen molar-refractivity contribution in [1.82, 2.24) is 4.90 Å². The van der Waals surface area contributed by atoms with Crippen LogP contribution in [0.25, 0.3) is 0 Å². The topological polar surface area (TPSA) is 24.5 Å². The summed E-state index contributed by atoms with van der Waals surface area (Å²) in [4.78, 5) is 2.30. The normalized spacial score (nSPS) is 10.7. The van der Waals surface area contributed by atoms with Crippen molar-refractivity contribution in [1.29, 1.82) is 0 Å². The maximum absolute atomic E-state index is 5.25. The van der Waals surface area contributed by atoms with Crippen LogP contribution in [0.2, 0.25) is 0 Å². The van der Waals surface area contributed by atoms with Crippen molar-refractivity contribution < 1.29 is 4.74 Å². The van der Waals surface area contributed by atoms with Crippen molar-refractivity contribution in [3.63, 3.8) is 0 Å². The Labute approximate surface area is 127 Å². The van der Waals surface area contributed by atoms with Gasteiger partial charge in [-0.2, -0.15) is 0 Å². The second-order valence-corrected chi connectivity index (χ2v) is 5.38. The summed E-state index contributed by atoms with van der Waals surface area (Å²) in [5.74, 6) is 0.915. The van der Waals surface area contributed by atoms with E-state index in [2.05, 4.69) is 60.6 Å². The minimum atomic E-state index is 0.915. The molecule has 0 bridgehead atoms. The first-order valence-corrected chi connectivity index (χ1v) is 7.29. The summed E-state index contributed by atoms with van der Waals surface area (Å²) in [6.45, 7) is 4.95. The van der Waals surface area contributed by atoms with Gasteiger partial charge < -0.3 is 15.0 Å². The van der Waals surface area contributed by atoms with Gasteiger partial charge in [0, 0.05) is 25.3 Å². The van der Waals surface area contributed by atoms with Crippen molar-refractivity contribution in [3.8, 4) is 5.75 Å². The summed E-state index contributed by atoms with van der Waals surface area (Å²) in [5.41, 5.74) is 3.73. The van der Waals surface area contributed by atoms with Gasteiger partial charge in [-0.1, -0.05) is 29.8 Å². The first kappa shape index (κ1) is 15.4. The summed E-state index contributed by atoms with van der Waals surface area (Å²) in [5, 5.41) is 3.44. The molecule has 0 aliphatic rings. The number of anilines is 1. The van der Waals surface area contributed by atoms with Crippen molar-refractivity contribution in [2.75, 3.05) is 32.6 Å². The van der Waals surface area contributed by atoms with Gasteiger partial charge in [-0.3, -0.25) is 0 Å². The van der Waals surface area contributed by atoms with Gasteiger partial charge in [0.05, 0.1) is 7.11 Å². The smallest absolute Gasteiger partial charge is 0.119 e. The molecule has 0 aliphatic carbocycles. The Hall–Kier alpha value is -2.00. The lowest BCUT2D eigenvalue weighted by molar-refractivity contribution is 0.338. The number of aryl methyl sites for hydroxylation is 1. The molecule has 0 amide bonds. The molecule has 0 atom stereocenters. The number of hydrogen-bond donors (Lipinski definition) is 1. The fourth-order valence-corrected chi connectivity index (χ4v) is 2.22. The number of hydrogen-bond acceptors (Lipinski definition) is 3. The molecular formula is C18H24N2O. The lowest BCUT2D eigenvalue weighted by Gasteiger charge is -2.18. The molecule has 0 saturated carbocycles. The van der Waals surface area contributed by atoms with Gasteiger partial charge in [0.25, 0.3) is 0 Å². The molecule has 0 unspecified atom stereocenters. The van der Waals surface area contributed by atoms with Crippen LogP contribution in [0, 0.1) is 6.92 Å². The van der Waals surface area contributed by atoms with E-state index in [9.17, 15) is 0 Å². The molecule has 1 N–H and O–H groups in total. The molecule has 3 nitrogen and oxygen atoms in total. The first-order valence-electron chi connectivity index (χ1n) is 7.29. The minimum Gasteiger partial charge on any atom is -0.497 e. The molecule has 0 saturated heterocycles. The third-order valence-electron chi connectivity index (χ3n) is 3.46. The number of nitrogens with zero attached hydrogens (tertiary/aromatic N) is 1. The lowest BCUT2D eigenvalue weighted by Crippen LogP contribution is -2.24. The van der Waals surface area contributed by atoms with Crippen molar-refractivity contribution in [2.45, 2.75) is 13.5 Å². The zero-order valence-corrected chi connectivity index (χ0v) is 13.1. The van der Waals surface area contributed by atoms with Crippen LogP contribution in [0.1, 0.15) is 11.1 Å². The Kier molecular flexibility index (Phi) is 5.64. The van der Waals surface area contributed by atoms with E-state index in [0.29, 0.717) is 0 Å². The third kappa shape index (κ3) is 5.12. The number of nitrogens with one attached hydrogen (secondary N) is 1. The average molecular weight is 284 g/mol. The predicted molar refractivity (Wildman–Crippen MR) is 89.0 cm³/mol.